The minimum atomic E-state index is -1.44. The topological polar surface area (TPSA) is 96.2 Å². The largest absolute Gasteiger partial charge is 0.461 e. The van der Waals surface area contributed by atoms with E-state index in [2.05, 4.69) is 0 Å². The van der Waals surface area contributed by atoms with Crippen LogP contribution in [0.1, 0.15) is 22.8 Å². The Hall–Kier alpha value is -2.25. The van der Waals surface area contributed by atoms with Gasteiger partial charge in [-0.25, -0.2) is 0 Å². The molecule has 5 atom stereocenters. The van der Waals surface area contributed by atoms with Gasteiger partial charge in [0.05, 0.1) is 11.7 Å². The molecular weight excluding hydrogens is 324 g/mol. The van der Waals surface area contributed by atoms with Crippen molar-refractivity contribution < 1.29 is 29.6 Å². The summed E-state index contributed by atoms with van der Waals surface area (Å²) in [6.07, 6.45) is -5.97. The van der Waals surface area contributed by atoms with Crippen LogP contribution >= 0.6 is 0 Å². The molecule has 6 nitrogen and oxygen atoms in total. The second-order valence-corrected chi connectivity index (χ2v) is 5.99. The maximum Gasteiger partial charge on any atom is 0.229 e. The molecule has 0 aromatic heterocycles. The number of hydrogen-bond acceptors (Lipinski definition) is 6. The van der Waals surface area contributed by atoms with Crippen molar-refractivity contribution in [3.8, 4) is 5.75 Å². The van der Waals surface area contributed by atoms with Gasteiger partial charge in [0.25, 0.3) is 0 Å². The van der Waals surface area contributed by atoms with Gasteiger partial charge in [0.2, 0.25) is 6.29 Å². The van der Waals surface area contributed by atoms with Crippen molar-refractivity contribution in [3.63, 3.8) is 0 Å². The third-order valence-electron chi connectivity index (χ3n) is 4.22. The molecule has 0 bridgehead atoms. The van der Waals surface area contributed by atoms with E-state index in [-0.39, 0.29) is 11.5 Å². The van der Waals surface area contributed by atoms with Gasteiger partial charge in [0.15, 0.2) is 5.78 Å². The lowest BCUT2D eigenvalue weighted by Crippen LogP contribution is -2.58. The Bertz CT molecular complexity index is 732. The first-order chi connectivity index (χ1) is 12.0. The first kappa shape index (κ1) is 17.6. The number of ketones is 1. The molecule has 0 radical (unpaired) electrons. The van der Waals surface area contributed by atoms with Gasteiger partial charge in [-0.1, -0.05) is 42.5 Å². The molecule has 1 saturated heterocycles. The van der Waals surface area contributed by atoms with E-state index in [1.165, 1.54) is 0 Å². The van der Waals surface area contributed by atoms with Gasteiger partial charge < -0.3 is 24.8 Å². The van der Waals surface area contributed by atoms with Crippen LogP contribution in [0.3, 0.4) is 0 Å². The van der Waals surface area contributed by atoms with E-state index in [9.17, 15) is 20.1 Å². The highest BCUT2D eigenvalue weighted by molar-refractivity contribution is 6.10. The third-order valence-corrected chi connectivity index (χ3v) is 4.22. The monoisotopic (exact) mass is 344 g/mol. The number of hydrogen-bond donors (Lipinski definition) is 3. The van der Waals surface area contributed by atoms with E-state index in [1.807, 2.05) is 6.07 Å². The molecule has 0 saturated carbocycles. The first-order valence-corrected chi connectivity index (χ1v) is 8.04. The van der Waals surface area contributed by atoms with Gasteiger partial charge in [-0.2, -0.15) is 0 Å². The van der Waals surface area contributed by atoms with E-state index in [4.69, 9.17) is 9.47 Å². The second kappa shape index (κ2) is 7.33. The Balaban J connectivity index is 1.85. The van der Waals surface area contributed by atoms with Gasteiger partial charge in [-0.15, -0.1) is 0 Å². The Labute approximate surface area is 145 Å². The second-order valence-electron chi connectivity index (χ2n) is 5.99. The molecule has 1 aliphatic heterocycles. The van der Waals surface area contributed by atoms with Crippen molar-refractivity contribution in [2.45, 2.75) is 37.6 Å². The van der Waals surface area contributed by atoms with Crippen molar-refractivity contribution in [2.24, 2.45) is 0 Å². The van der Waals surface area contributed by atoms with Crippen molar-refractivity contribution in [2.75, 3.05) is 0 Å². The highest BCUT2D eigenvalue weighted by Crippen LogP contribution is 2.27. The predicted octanol–water partition coefficient (Wildman–Crippen LogP) is 1.12. The zero-order chi connectivity index (χ0) is 18.0. The summed E-state index contributed by atoms with van der Waals surface area (Å²) in [5.74, 6) is 0.00586. The quantitative estimate of drug-likeness (QED) is 0.720. The third kappa shape index (κ3) is 3.57. The van der Waals surface area contributed by atoms with Crippen LogP contribution < -0.4 is 4.74 Å². The summed E-state index contributed by atoms with van der Waals surface area (Å²) < 4.78 is 11.1. The molecule has 132 valence electrons. The van der Waals surface area contributed by atoms with Gasteiger partial charge in [-0.05, 0) is 19.1 Å². The predicted molar refractivity (Wildman–Crippen MR) is 89.3 cm³/mol. The molecule has 3 rings (SSSR count). The highest BCUT2D eigenvalue weighted by atomic mass is 16.7. The zero-order valence-corrected chi connectivity index (χ0v) is 13.6. The van der Waals surface area contributed by atoms with Gasteiger partial charge >= 0.3 is 0 Å². The molecule has 1 fully saturated rings. The molecule has 6 heteroatoms. The van der Waals surface area contributed by atoms with E-state index >= 15 is 0 Å². The first-order valence-electron chi connectivity index (χ1n) is 8.04. The molecule has 2 aromatic rings. The fourth-order valence-electron chi connectivity index (χ4n) is 2.74. The van der Waals surface area contributed by atoms with Crippen molar-refractivity contribution in [1.29, 1.82) is 0 Å². The van der Waals surface area contributed by atoms with Crippen LogP contribution in [0.25, 0.3) is 0 Å². The molecule has 1 aliphatic rings. The average molecular weight is 344 g/mol. The number of aliphatic hydroxyl groups excluding tert-OH is 3. The van der Waals surface area contributed by atoms with Crippen LogP contribution in [0.15, 0.2) is 54.6 Å². The number of para-hydroxylation sites is 1. The summed E-state index contributed by atoms with van der Waals surface area (Å²) in [6, 6.07) is 15.4. The lowest BCUT2D eigenvalue weighted by molar-refractivity contribution is -0.268. The smallest absolute Gasteiger partial charge is 0.229 e. The lowest BCUT2D eigenvalue weighted by atomic mass is 9.99. The Kier molecular flexibility index (Phi) is 5.15. The zero-order valence-electron chi connectivity index (χ0n) is 13.6. The van der Waals surface area contributed by atoms with E-state index < -0.39 is 30.7 Å². The van der Waals surface area contributed by atoms with Gasteiger partial charge in [0, 0.05) is 5.56 Å². The molecule has 0 amide bonds. The lowest BCUT2D eigenvalue weighted by Gasteiger charge is -2.39. The van der Waals surface area contributed by atoms with Gasteiger partial charge in [0.1, 0.15) is 24.1 Å². The van der Waals surface area contributed by atoms with Gasteiger partial charge in [-0.3, -0.25) is 4.79 Å². The summed E-state index contributed by atoms with van der Waals surface area (Å²) in [4.78, 5) is 12.7. The average Bonchev–Trinajstić information content (AvgIpc) is 2.65. The summed E-state index contributed by atoms with van der Waals surface area (Å²) in [5.41, 5.74) is 0.824. The van der Waals surface area contributed by atoms with Crippen LogP contribution in [0.2, 0.25) is 0 Å². The Morgan fingerprint density at radius 3 is 2.28 bits per heavy atom. The number of aliphatic hydroxyl groups is 3. The standard InChI is InChI=1S/C19H20O6/c1-11-15(20)17(22)18(23)19(24-11)25-14-10-6-5-9-13(14)16(21)12-7-3-2-4-8-12/h2-11,15,17-20,22-23H,1H3/t11-,15-,17+,18+,19?/m1/s1. The van der Waals surface area contributed by atoms with Crippen molar-refractivity contribution >= 4 is 5.78 Å². The fraction of sp³-hybridized carbons (Fsp3) is 0.316. The molecule has 3 N–H and O–H groups in total. The summed E-state index contributed by atoms with van der Waals surface area (Å²) in [6.45, 7) is 1.57. The minimum absolute atomic E-state index is 0.227. The molecular formula is C19H20O6. The van der Waals surface area contributed by atoms with Crippen LogP contribution in [0, 0.1) is 0 Å². The molecule has 0 aliphatic carbocycles. The Morgan fingerprint density at radius 2 is 1.56 bits per heavy atom. The molecule has 2 aromatic carbocycles. The number of rotatable bonds is 4. The number of ether oxygens (including phenoxy) is 2. The number of carbonyl (C=O) groups is 1. The van der Waals surface area contributed by atoms with E-state index in [0.717, 1.165) is 0 Å². The number of carbonyl (C=O) groups excluding carboxylic acids is 1. The molecule has 1 unspecified atom stereocenters. The van der Waals surface area contributed by atoms with Crippen molar-refractivity contribution in [3.05, 3.63) is 65.7 Å². The summed E-state index contributed by atoms with van der Waals surface area (Å²) in [7, 11) is 0. The maximum atomic E-state index is 12.7. The normalized spacial score (nSPS) is 29.2. The van der Waals surface area contributed by atoms with E-state index in [1.54, 1.807) is 55.5 Å². The van der Waals surface area contributed by atoms with E-state index in [0.29, 0.717) is 11.1 Å². The van der Waals surface area contributed by atoms with Crippen LogP contribution in [-0.2, 0) is 4.74 Å². The summed E-state index contributed by atoms with van der Waals surface area (Å²) in [5, 5.41) is 29.7. The molecule has 0 spiro atoms. The number of benzene rings is 2. The maximum absolute atomic E-state index is 12.7. The molecule has 25 heavy (non-hydrogen) atoms. The SMILES string of the molecule is C[C@H]1OC(Oc2ccccc2C(=O)c2ccccc2)[C@@H](O)[C@@H](O)[C@@H]1O. The minimum Gasteiger partial charge on any atom is -0.461 e. The van der Waals surface area contributed by atoms with Crippen molar-refractivity contribution in [1.82, 2.24) is 0 Å². The van der Waals surface area contributed by atoms with Crippen LogP contribution in [0.5, 0.6) is 5.75 Å². The van der Waals surface area contributed by atoms with Crippen LogP contribution in [-0.4, -0.2) is 51.8 Å². The molecule has 1 heterocycles. The fourth-order valence-corrected chi connectivity index (χ4v) is 2.74. The van der Waals surface area contributed by atoms with Crippen LogP contribution in [0.4, 0.5) is 0 Å². The summed E-state index contributed by atoms with van der Waals surface area (Å²) >= 11 is 0. The Morgan fingerprint density at radius 1 is 0.920 bits per heavy atom. The highest BCUT2D eigenvalue weighted by Gasteiger charge is 2.43.